The first-order valence-corrected chi connectivity index (χ1v) is 8.81. The van der Waals surface area contributed by atoms with Crippen molar-refractivity contribution in [2.24, 2.45) is 0 Å². The smallest absolute Gasteiger partial charge is 0.329 e. The molecule has 0 aliphatic carbocycles. The van der Waals surface area contributed by atoms with Gasteiger partial charge in [-0.05, 0) is 31.5 Å². The normalized spacial score (nSPS) is 11.5. The van der Waals surface area contributed by atoms with E-state index in [0.29, 0.717) is 5.56 Å². The van der Waals surface area contributed by atoms with Gasteiger partial charge in [0.25, 0.3) is 11.8 Å². The Kier molecular flexibility index (Phi) is 7.55. The summed E-state index contributed by atoms with van der Waals surface area (Å²) in [5.74, 6) is -1.41. The summed E-state index contributed by atoms with van der Waals surface area (Å²) in [6.07, 6.45) is 0.268. The van der Waals surface area contributed by atoms with Gasteiger partial charge in [-0.15, -0.1) is 0 Å². The topological polar surface area (TPSA) is 84.5 Å². The highest BCUT2D eigenvalue weighted by Crippen LogP contribution is 2.07. The molecule has 0 fully saturated rings. The van der Waals surface area contributed by atoms with Crippen molar-refractivity contribution in [2.75, 3.05) is 6.61 Å². The second-order valence-electron chi connectivity index (χ2n) is 6.41. The third-order valence-electron chi connectivity index (χ3n) is 3.70. The van der Waals surface area contributed by atoms with Crippen molar-refractivity contribution in [3.05, 3.63) is 71.8 Å². The Morgan fingerprint density at radius 2 is 1.48 bits per heavy atom. The van der Waals surface area contributed by atoms with Crippen LogP contribution in [0.15, 0.2) is 60.7 Å². The van der Waals surface area contributed by atoms with Crippen LogP contribution in [0.25, 0.3) is 0 Å². The van der Waals surface area contributed by atoms with Crippen molar-refractivity contribution in [3.63, 3.8) is 0 Å². The molecule has 0 aliphatic rings. The van der Waals surface area contributed by atoms with Crippen molar-refractivity contribution in [1.82, 2.24) is 10.6 Å². The number of benzene rings is 2. The van der Waals surface area contributed by atoms with E-state index in [0.717, 1.165) is 5.56 Å². The quantitative estimate of drug-likeness (QED) is 0.699. The zero-order valence-electron chi connectivity index (χ0n) is 15.5. The first kappa shape index (κ1) is 20.2. The molecule has 0 radical (unpaired) electrons. The largest absolute Gasteiger partial charge is 0.454 e. The zero-order valence-corrected chi connectivity index (χ0v) is 15.5. The highest BCUT2D eigenvalue weighted by atomic mass is 16.5. The summed E-state index contributed by atoms with van der Waals surface area (Å²) in [6.45, 7) is 3.25. The Labute approximate surface area is 158 Å². The molecule has 0 heterocycles. The maximum atomic E-state index is 12.5. The highest BCUT2D eigenvalue weighted by Gasteiger charge is 2.24. The summed E-state index contributed by atoms with van der Waals surface area (Å²) >= 11 is 0. The Morgan fingerprint density at radius 3 is 2.07 bits per heavy atom. The Bertz CT molecular complexity index is 760. The van der Waals surface area contributed by atoms with Crippen molar-refractivity contribution in [3.8, 4) is 0 Å². The van der Waals surface area contributed by atoms with Crippen LogP contribution in [0, 0.1) is 0 Å². The second kappa shape index (κ2) is 10.1. The van der Waals surface area contributed by atoms with Gasteiger partial charge in [0.15, 0.2) is 6.61 Å². The number of rotatable bonds is 8. The van der Waals surface area contributed by atoms with E-state index >= 15 is 0 Å². The van der Waals surface area contributed by atoms with Gasteiger partial charge in [0.1, 0.15) is 6.04 Å². The third kappa shape index (κ3) is 6.93. The fourth-order valence-electron chi connectivity index (χ4n) is 2.48. The number of carbonyl (C=O) groups excluding carboxylic acids is 3. The standard InChI is InChI=1S/C21H24N2O4/c1-15(2)22-19(24)14-27-21(26)18(13-16-9-5-3-6-10-16)23-20(25)17-11-7-4-8-12-17/h3-12,15,18H,13-14H2,1-2H3,(H,22,24)(H,23,25)/t18-/m0/s1. The van der Waals surface area contributed by atoms with Crippen molar-refractivity contribution < 1.29 is 19.1 Å². The zero-order chi connectivity index (χ0) is 19.6. The van der Waals surface area contributed by atoms with Gasteiger partial charge in [0.05, 0.1) is 0 Å². The fourth-order valence-corrected chi connectivity index (χ4v) is 2.48. The lowest BCUT2D eigenvalue weighted by atomic mass is 10.1. The van der Waals surface area contributed by atoms with Crippen LogP contribution in [0.2, 0.25) is 0 Å². The van der Waals surface area contributed by atoms with E-state index in [1.54, 1.807) is 30.3 Å². The van der Waals surface area contributed by atoms with Gasteiger partial charge in [-0.1, -0.05) is 48.5 Å². The predicted molar refractivity (Wildman–Crippen MR) is 102 cm³/mol. The number of nitrogens with one attached hydrogen (secondary N) is 2. The molecular weight excluding hydrogens is 344 g/mol. The van der Waals surface area contributed by atoms with Crippen molar-refractivity contribution in [1.29, 1.82) is 0 Å². The van der Waals surface area contributed by atoms with Crippen LogP contribution < -0.4 is 10.6 Å². The average Bonchev–Trinajstić information content (AvgIpc) is 2.66. The maximum absolute atomic E-state index is 12.5. The third-order valence-corrected chi connectivity index (χ3v) is 3.70. The molecule has 2 aromatic carbocycles. The molecule has 2 amide bonds. The SMILES string of the molecule is CC(C)NC(=O)COC(=O)[C@H](Cc1ccccc1)NC(=O)c1ccccc1. The predicted octanol–water partition coefficient (Wildman–Crippen LogP) is 2.10. The Morgan fingerprint density at radius 1 is 0.889 bits per heavy atom. The molecule has 6 heteroatoms. The van der Waals surface area contributed by atoms with Crippen LogP contribution in [0.3, 0.4) is 0 Å². The van der Waals surface area contributed by atoms with Crippen molar-refractivity contribution in [2.45, 2.75) is 32.4 Å². The van der Waals surface area contributed by atoms with Crippen LogP contribution in [-0.2, 0) is 20.7 Å². The number of amides is 2. The van der Waals surface area contributed by atoms with Crippen molar-refractivity contribution >= 4 is 17.8 Å². The van der Waals surface area contributed by atoms with Crippen LogP contribution in [0.1, 0.15) is 29.8 Å². The van der Waals surface area contributed by atoms with E-state index in [2.05, 4.69) is 10.6 Å². The van der Waals surface area contributed by atoms with E-state index in [-0.39, 0.29) is 30.9 Å². The van der Waals surface area contributed by atoms with Gasteiger partial charge in [0.2, 0.25) is 0 Å². The van der Waals surface area contributed by atoms with E-state index in [9.17, 15) is 14.4 Å². The molecule has 0 saturated heterocycles. The first-order valence-electron chi connectivity index (χ1n) is 8.81. The molecule has 0 spiro atoms. The lowest BCUT2D eigenvalue weighted by Gasteiger charge is -2.18. The van der Waals surface area contributed by atoms with Crippen LogP contribution in [0.4, 0.5) is 0 Å². The Hall–Kier alpha value is -3.15. The molecule has 0 bridgehead atoms. The molecule has 27 heavy (non-hydrogen) atoms. The summed E-state index contributed by atoms with van der Waals surface area (Å²) in [4.78, 5) is 36.6. The summed E-state index contributed by atoms with van der Waals surface area (Å²) in [5, 5.41) is 5.35. The minimum Gasteiger partial charge on any atom is -0.454 e. The van der Waals surface area contributed by atoms with Gasteiger partial charge in [-0.2, -0.15) is 0 Å². The average molecular weight is 368 g/mol. The number of esters is 1. The number of hydrogen-bond acceptors (Lipinski definition) is 4. The molecule has 0 saturated carbocycles. The molecule has 0 aromatic heterocycles. The fraction of sp³-hybridized carbons (Fsp3) is 0.286. The van der Waals surface area contributed by atoms with E-state index in [1.807, 2.05) is 44.2 Å². The summed E-state index contributed by atoms with van der Waals surface area (Å²) in [7, 11) is 0. The number of ether oxygens (including phenoxy) is 1. The molecule has 142 valence electrons. The summed E-state index contributed by atoms with van der Waals surface area (Å²) in [6, 6.07) is 17.0. The maximum Gasteiger partial charge on any atom is 0.329 e. The molecule has 2 rings (SSSR count). The summed E-state index contributed by atoms with van der Waals surface area (Å²) < 4.78 is 5.11. The molecule has 1 atom stereocenters. The van der Waals surface area contributed by atoms with Gasteiger partial charge in [0, 0.05) is 18.0 Å². The lowest BCUT2D eigenvalue weighted by molar-refractivity contribution is -0.150. The monoisotopic (exact) mass is 368 g/mol. The minimum absolute atomic E-state index is 0.0471. The lowest BCUT2D eigenvalue weighted by Crippen LogP contribution is -2.44. The summed E-state index contributed by atoms with van der Waals surface area (Å²) in [5.41, 5.74) is 1.32. The van der Waals surface area contributed by atoms with E-state index in [4.69, 9.17) is 4.74 Å². The van der Waals surface area contributed by atoms with E-state index < -0.39 is 12.0 Å². The molecule has 0 aliphatic heterocycles. The number of hydrogen-bond donors (Lipinski definition) is 2. The minimum atomic E-state index is -0.896. The van der Waals surface area contributed by atoms with Gasteiger partial charge >= 0.3 is 5.97 Å². The molecule has 2 N–H and O–H groups in total. The van der Waals surface area contributed by atoms with Gasteiger partial charge in [-0.3, -0.25) is 9.59 Å². The molecule has 2 aromatic rings. The van der Waals surface area contributed by atoms with Crippen LogP contribution in [0.5, 0.6) is 0 Å². The molecule has 0 unspecified atom stereocenters. The van der Waals surface area contributed by atoms with E-state index in [1.165, 1.54) is 0 Å². The van der Waals surface area contributed by atoms with Gasteiger partial charge < -0.3 is 15.4 Å². The second-order valence-corrected chi connectivity index (χ2v) is 6.41. The van der Waals surface area contributed by atoms with Gasteiger partial charge in [-0.25, -0.2) is 4.79 Å². The highest BCUT2D eigenvalue weighted by molar-refractivity contribution is 5.97. The number of carbonyl (C=O) groups is 3. The Balaban J connectivity index is 2.05. The first-order chi connectivity index (χ1) is 13.0. The molecular formula is C21H24N2O4. The van der Waals surface area contributed by atoms with Crippen LogP contribution >= 0.6 is 0 Å². The van der Waals surface area contributed by atoms with Crippen LogP contribution in [-0.4, -0.2) is 36.5 Å². The molecule has 6 nitrogen and oxygen atoms in total.